The summed E-state index contributed by atoms with van der Waals surface area (Å²) in [6.07, 6.45) is 0. The smallest absolute Gasteiger partial charge is 0.0991 e. The number of benzene rings is 1. The zero-order chi connectivity index (χ0) is 12.5. The van der Waals surface area contributed by atoms with Gasteiger partial charge in [0, 0.05) is 32.2 Å². The molecular weight excluding hydrogens is 228 g/mol. The highest BCUT2D eigenvalue weighted by Gasteiger charge is 2.37. The molecule has 2 aliphatic heterocycles. The molecule has 5 nitrogen and oxygen atoms in total. The zero-order valence-electron chi connectivity index (χ0n) is 10.1. The van der Waals surface area contributed by atoms with Crippen molar-refractivity contribution < 1.29 is 5.11 Å². The van der Waals surface area contributed by atoms with E-state index in [9.17, 15) is 0 Å². The van der Waals surface area contributed by atoms with Crippen LogP contribution in [0.3, 0.4) is 0 Å². The second kappa shape index (κ2) is 4.67. The van der Waals surface area contributed by atoms with E-state index in [1.807, 2.05) is 24.3 Å². The van der Waals surface area contributed by atoms with Crippen molar-refractivity contribution in [2.24, 2.45) is 5.92 Å². The van der Waals surface area contributed by atoms with E-state index >= 15 is 0 Å². The minimum atomic E-state index is 0.246. The molecule has 0 bridgehead atoms. The van der Waals surface area contributed by atoms with E-state index in [1.165, 1.54) is 5.56 Å². The van der Waals surface area contributed by atoms with Crippen LogP contribution in [0.2, 0.25) is 0 Å². The Balaban J connectivity index is 1.68. The largest absolute Gasteiger partial charge is 0.396 e. The summed E-state index contributed by atoms with van der Waals surface area (Å²) in [7, 11) is 0. The lowest BCUT2D eigenvalue weighted by Crippen LogP contribution is -2.36. The number of aliphatic hydroxyl groups excluding tert-OH is 1. The molecule has 5 heteroatoms. The molecule has 2 heterocycles. The average molecular weight is 244 g/mol. The molecule has 0 aromatic heterocycles. The maximum atomic E-state index is 9.15. The molecular formula is C13H16N4O. The third-order valence-corrected chi connectivity index (χ3v) is 3.64. The summed E-state index contributed by atoms with van der Waals surface area (Å²) in [6.45, 7) is 2.94. The second-order valence-corrected chi connectivity index (χ2v) is 4.92. The van der Waals surface area contributed by atoms with Gasteiger partial charge in [-0.15, -0.1) is 0 Å². The maximum Gasteiger partial charge on any atom is 0.0991 e. The van der Waals surface area contributed by atoms with E-state index < -0.39 is 0 Å². The Morgan fingerprint density at radius 2 is 2.06 bits per heavy atom. The standard InChI is InChI=1S/C13H16N4O/c14-5-10-1-3-12(4-2-10)13-8-16-6-11(9-18)7-17(16)15-13/h1-4,11,13,15,18H,6-9H2. The summed E-state index contributed by atoms with van der Waals surface area (Å²) in [5.74, 6) is 0.347. The molecule has 0 spiro atoms. The fourth-order valence-corrected chi connectivity index (χ4v) is 2.64. The van der Waals surface area contributed by atoms with Crippen molar-refractivity contribution in [1.29, 1.82) is 5.26 Å². The van der Waals surface area contributed by atoms with Crippen molar-refractivity contribution in [1.82, 2.24) is 15.6 Å². The molecule has 2 fully saturated rings. The number of hydrazine groups is 2. The van der Waals surface area contributed by atoms with Gasteiger partial charge in [-0.05, 0) is 17.7 Å². The molecule has 1 aromatic carbocycles. The third kappa shape index (κ3) is 2.00. The molecule has 3 rings (SSSR count). The van der Waals surface area contributed by atoms with Crippen molar-refractivity contribution in [3.05, 3.63) is 35.4 Å². The SMILES string of the molecule is N#Cc1ccc(C2CN3CC(CO)CN3N2)cc1. The normalized spacial score (nSPS) is 28.2. The molecule has 0 radical (unpaired) electrons. The Kier molecular flexibility index (Phi) is 3.02. The van der Waals surface area contributed by atoms with Gasteiger partial charge >= 0.3 is 0 Å². The van der Waals surface area contributed by atoms with Crippen molar-refractivity contribution in [2.75, 3.05) is 26.2 Å². The van der Waals surface area contributed by atoms with E-state index in [0.29, 0.717) is 11.5 Å². The summed E-state index contributed by atoms with van der Waals surface area (Å²) in [5, 5.41) is 22.3. The monoisotopic (exact) mass is 244 g/mol. The first-order valence-electron chi connectivity index (χ1n) is 6.19. The lowest BCUT2D eigenvalue weighted by Gasteiger charge is -2.16. The van der Waals surface area contributed by atoms with Crippen LogP contribution in [-0.4, -0.2) is 41.5 Å². The van der Waals surface area contributed by atoms with Crippen molar-refractivity contribution >= 4 is 0 Å². The van der Waals surface area contributed by atoms with Gasteiger partial charge in [0.1, 0.15) is 0 Å². The fourth-order valence-electron chi connectivity index (χ4n) is 2.64. The van der Waals surface area contributed by atoms with Gasteiger partial charge < -0.3 is 5.11 Å². The van der Waals surface area contributed by atoms with Gasteiger partial charge in [0.2, 0.25) is 0 Å². The molecule has 2 N–H and O–H groups in total. The van der Waals surface area contributed by atoms with Gasteiger partial charge in [-0.1, -0.05) is 12.1 Å². The molecule has 0 amide bonds. The molecule has 94 valence electrons. The summed E-state index contributed by atoms with van der Waals surface area (Å²) >= 11 is 0. The van der Waals surface area contributed by atoms with E-state index in [4.69, 9.17) is 10.4 Å². The third-order valence-electron chi connectivity index (χ3n) is 3.64. The second-order valence-electron chi connectivity index (χ2n) is 4.92. The maximum absolute atomic E-state index is 9.15. The Morgan fingerprint density at radius 1 is 1.28 bits per heavy atom. The number of hydrogen-bond acceptors (Lipinski definition) is 5. The zero-order valence-corrected chi connectivity index (χ0v) is 10.1. The van der Waals surface area contributed by atoms with Crippen LogP contribution in [0.5, 0.6) is 0 Å². The van der Waals surface area contributed by atoms with Crippen LogP contribution in [-0.2, 0) is 0 Å². The predicted octanol–water partition coefficient (Wildman–Crippen LogP) is 0.259. The molecule has 0 saturated carbocycles. The van der Waals surface area contributed by atoms with Gasteiger partial charge in [-0.3, -0.25) is 0 Å². The van der Waals surface area contributed by atoms with E-state index in [1.54, 1.807) is 0 Å². The van der Waals surface area contributed by atoms with E-state index in [2.05, 4.69) is 21.6 Å². The fraction of sp³-hybridized carbons (Fsp3) is 0.462. The molecule has 18 heavy (non-hydrogen) atoms. The Bertz CT molecular complexity index is 453. The van der Waals surface area contributed by atoms with Crippen molar-refractivity contribution in [2.45, 2.75) is 6.04 Å². The van der Waals surface area contributed by atoms with Gasteiger partial charge in [-0.2, -0.15) is 10.4 Å². The van der Waals surface area contributed by atoms with Crippen molar-refractivity contribution in [3.63, 3.8) is 0 Å². The molecule has 1 aromatic rings. The number of nitriles is 1. The van der Waals surface area contributed by atoms with Gasteiger partial charge in [0.05, 0.1) is 17.7 Å². The van der Waals surface area contributed by atoms with Gasteiger partial charge in [0.25, 0.3) is 0 Å². The van der Waals surface area contributed by atoms with Crippen molar-refractivity contribution in [3.8, 4) is 6.07 Å². The Hall–Kier alpha value is -1.45. The predicted molar refractivity (Wildman–Crippen MR) is 65.9 cm³/mol. The molecule has 2 unspecified atom stereocenters. The van der Waals surface area contributed by atoms with Crippen LogP contribution < -0.4 is 5.43 Å². The van der Waals surface area contributed by atoms with Crippen LogP contribution in [0.1, 0.15) is 17.2 Å². The number of rotatable bonds is 2. The highest BCUT2D eigenvalue weighted by Crippen LogP contribution is 2.27. The first-order valence-corrected chi connectivity index (χ1v) is 6.19. The van der Waals surface area contributed by atoms with Crippen LogP contribution in [0.4, 0.5) is 0 Å². The summed E-state index contributed by atoms with van der Waals surface area (Å²) in [4.78, 5) is 0. The minimum absolute atomic E-state index is 0.246. The van der Waals surface area contributed by atoms with Crippen LogP contribution in [0.15, 0.2) is 24.3 Å². The molecule has 2 atom stereocenters. The highest BCUT2D eigenvalue weighted by atomic mass is 16.3. The topological polar surface area (TPSA) is 62.5 Å². The number of nitrogens with zero attached hydrogens (tertiary/aromatic N) is 3. The average Bonchev–Trinajstić information content (AvgIpc) is 2.96. The molecule has 0 aliphatic carbocycles. The van der Waals surface area contributed by atoms with Crippen LogP contribution >= 0.6 is 0 Å². The number of hydrogen-bond donors (Lipinski definition) is 2. The number of fused-ring (bicyclic) bond motifs is 1. The number of aliphatic hydroxyl groups is 1. The van der Waals surface area contributed by atoms with E-state index in [-0.39, 0.29) is 12.6 Å². The van der Waals surface area contributed by atoms with Gasteiger partial charge in [-0.25, -0.2) is 10.4 Å². The first-order chi connectivity index (χ1) is 8.80. The molecule has 2 aliphatic rings. The summed E-state index contributed by atoms with van der Waals surface area (Å²) in [6, 6.07) is 10.1. The van der Waals surface area contributed by atoms with Crippen LogP contribution in [0, 0.1) is 17.2 Å². The Morgan fingerprint density at radius 3 is 2.67 bits per heavy atom. The lowest BCUT2D eigenvalue weighted by molar-refractivity contribution is 0.0437. The quantitative estimate of drug-likeness (QED) is 0.781. The summed E-state index contributed by atoms with van der Waals surface area (Å²) < 4.78 is 0. The number of nitrogens with one attached hydrogen (secondary N) is 1. The highest BCUT2D eigenvalue weighted by molar-refractivity contribution is 5.33. The van der Waals surface area contributed by atoms with E-state index in [0.717, 1.165) is 19.6 Å². The van der Waals surface area contributed by atoms with Gasteiger partial charge in [0.15, 0.2) is 0 Å². The first kappa shape index (κ1) is 11.6. The van der Waals surface area contributed by atoms with Crippen LogP contribution in [0.25, 0.3) is 0 Å². The lowest BCUT2D eigenvalue weighted by atomic mass is 10.1. The Labute approximate surface area is 106 Å². The summed E-state index contributed by atoms with van der Waals surface area (Å²) in [5.41, 5.74) is 5.33. The molecule has 2 saturated heterocycles. The minimum Gasteiger partial charge on any atom is -0.396 e.